The molecule has 2 rings (SSSR count). The second-order valence-electron chi connectivity index (χ2n) is 4.01. The molecule has 0 aromatic heterocycles. The van der Waals surface area contributed by atoms with E-state index in [0.29, 0.717) is 16.1 Å². The van der Waals surface area contributed by atoms with Gasteiger partial charge in [-0.15, -0.1) is 0 Å². The average molecular weight is 354 g/mol. The van der Waals surface area contributed by atoms with Crippen molar-refractivity contribution in [2.75, 3.05) is 6.61 Å². The van der Waals surface area contributed by atoms with Crippen LogP contribution in [0, 0.1) is 0 Å². The van der Waals surface area contributed by atoms with Crippen molar-refractivity contribution in [2.24, 2.45) is 0 Å². The predicted octanol–water partition coefficient (Wildman–Crippen LogP) is 4.14. The highest BCUT2D eigenvalue weighted by Gasteiger charge is 2.11. The molecule has 0 heterocycles. The molecule has 0 saturated carbocycles. The number of carbonyl (C=O) groups is 2. The van der Waals surface area contributed by atoms with Gasteiger partial charge in [-0.3, -0.25) is 4.79 Å². The molecule has 0 radical (unpaired) electrons. The SMILES string of the molecule is O=C(COC(=O)c1ccc(Cl)cc1)c1ccc(Br)cc1. The molecule has 2 aromatic carbocycles. The first-order chi connectivity index (χ1) is 9.56. The highest BCUT2D eigenvalue weighted by atomic mass is 79.9. The Morgan fingerprint density at radius 1 is 0.950 bits per heavy atom. The van der Waals surface area contributed by atoms with Crippen LogP contribution in [0.25, 0.3) is 0 Å². The number of benzene rings is 2. The number of esters is 1. The van der Waals surface area contributed by atoms with Crippen molar-refractivity contribution in [3.8, 4) is 0 Å². The summed E-state index contributed by atoms with van der Waals surface area (Å²) in [6, 6.07) is 13.1. The molecule has 0 unspecified atom stereocenters. The zero-order valence-electron chi connectivity index (χ0n) is 10.3. The predicted molar refractivity (Wildman–Crippen MR) is 80.2 cm³/mol. The van der Waals surface area contributed by atoms with Gasteiger partial charge < -0.3 is 4.74 Å². The Labute approximate surface area is 129 Å². The Bertz CT molecular complexity index is 563. The van der Waals surface area contributed by atoms with Crippen LogP contribution in [-0.2, 0) is 4.74 Å². The van der Waals surface area contributed by atoms with Gasteiger partial charge in [-0.2, -0.15) is 0 Å². The maximum absolute atomic E-state index is 11.8. The van der Waals surface area contributed by atoms with E-state index in [0.717, 1.165) is 4.47 Å². The largest absolute Gasteiger partial charge is 0.454 e. The Hall–Kier alpha value is -1.65. The Kier molecular flexibility index (Phi) is 4.93. The molecule has 0 saturated heterocycles. The van der Waals surface area contributed by atoms with Crippen molar-refractivity contribution in [1.82, 2.24) is 0 Å². The van der Waals surface area contributed by atoms with Crippen LogP contribution in [0.3, 0.4) is 0 Å². The summed E-state index contributed by atoms with van der Waals surface area (Å²) in [6.45, 7) is -0.289. The number of hydrogen-bond donors (Lipinski definition) is 0. The number of ketones is 1. The molecule has 0 aliphatic rings. The Morgan fingerprint density at radius 3 is 2.10 bits per heavy atom. The van der Waals surface area contributed by atoms with Crippen LogP contribution < -0.4 is 0 Å². The second kappa shape index (κ2) is 6.68. The lowest BCUT2D eigenvalue weighted by molar-refractivity contribution is 0.0475. The summed E-state index contributed by atoms with van der Waals surface area (Å²) in [7, 11) is 0. The Morgan fingerprint density at radius 2 is 1.50 bits per heavy atom. The standard InChI is InChI=1S/C15H10BrClO3/c16-12-5-1-10(2-6-12)14(18)9-20-15(19)11-3-7-13(17)8-4-11/h1-8H,9H2. The van der Waals surface area contributed by atoms with Crippen molar-refractivity contribution in [1.29, 1.82) is 0 Å². The maximum Gasteiger partial charge on any atom is 0.338 e. The van der Waals surface area contributed by atoms with E-state index in [1.165, 1.54) is 0 Å². The molecular formula is C15H10BrClO3. The minimum Gasteiger partial charge on any atom is -0.454 e. The minimum atomic E-state index is -0.549. The first-order valence-electron chi connectivity index (χ1n) is 5.78. The van der Waals surface area contributed by atoms with Crippen LogP contribution in [0.1, 0.15) is 20.7 Å². The lowest BCUT2D eigenvalue weighted by Crippen LogP contribution is -2.14. The van der Waals surface area contributed by atoms with Gasteiger partial charge >= 0.3 is 5.97 Å². The summed E-state index contributed by atoms with van der Waals surface area (Å²) in [5.41, 5.74) is 0.857. The highest BCUT2D eigenvalue weighted by Crippen LogP contribution is 2.12. The molecule has 3 nitrogen and oxygen atoms in total. The Balaban J connectivity index is 1.94. The van der Waals surface area contributed by atoms with Crippen LogP contribution in [0.15, 0.2) is 53.0 Å². The average Bonchev–Trinajstić information content (AvgIpc) is 2.46. The molecule has 2 aromatic rings. The smallest absolute Gasteiger partial charge is 0.338 e. The van der Waals surface area contributed by atoms with Crippen LogP contribution in [-0.4, -0.2) is 18.4 Å². The second-order valence-corrected chi connectivity index (χ2v) is 5.37. The van der Waals surface area contributed by atoms with Crippen LogP contribution >= 0.6 is 27.5 Å². The van der Waals surface area contributed by atoms with Crippen molar-refractivity contribution < 1.29 is 14.3 Å². The van der Waals surface area contributed by atoms with Gasteiger partial charge in [0, 0.05) is 15.1 Å². The first-order valence-corrected chi connectivity index (χ1v) is 6.95. The van der Waals surface area contributed by atoms with E-state index in [4.69, 9.17) is 16.3 Å². The third-order valence-corrected chi connectivity index (χ3v) is 3.36. The van der Waals surface area contributed by atoms with Gasteiger partial charge in [-0.1, -0.05) is 39.7 Å². The molecular weight excluding hydrogens is 344 g/mol. The van der Waals surface area contributed by atoms with Gasteiger partial charge in [0.1, 0.15) is 0 Å². The van der Waals surface area contributed by atoms with Gasteiger partial charge in [0.25, 0.3) is 0 Å². The number of Topliss-reactive ketones (excluding diaryl/α,β-unsaturated/α-hetero) is 1. The van der Waals surface area contributed by atoms with Crippen molar-refractivity contribution in [3.05, 3.63) is 69.2 Å². The quantitative estimate of drug-likeness (QED) is 0.613. The van der Waals surface area contributed by atoms with E-state index in [-0.39, 0.29) is 12.4 Å². The fourth-order valence-corrected chi connectivity index (χ4v) is 1.91. The van der Waals surface area contributed by atoms with Crippen molar-refractivity contribution in [3.63, 3.8) is 0 Å². The maximum atomic E-state index is 11.8. The molecule has 0 bridgehead atoms. The summed E-state index contributed by atoms with van der Waals surface area (Å²) in [5, 5.41) is 0.535. The number of ether oxygens (including phenoxy) is 1. The molecule has 5 heteroatoms. The third kappa shape index (κ3) is 3.92. The summed E-state index contributed by atoms with van der Waals surface area (Å²) in [6.07, 6.45) is 0. The van der Waals surface area contributed by atoms with Crippen LogP contribution in [0.2, 0.25) is 5.02 Å². The molecule has 0 atom stereocenters. The van der Waals surface area contributed by atoms with E-state index < -0.39 is 5.97 Å². The molecule has 102 valence electrons. The van der Waals surface area contributed by atoms with Crippen LogP contribution in [0.4, 0.5) is 0 Å². The summed E-state index contributed by atoms with van der Waals surface area (Å²) < 4.78 is 5.85. The van der Waals surface area contributed by atoms with Crippen molar-refractivity contribution in [2.45, 2.75) is 0 Å². The van der Waals surface area contributed by atoms with Gasteiger partial charge in [0.2, 0.25) is 0 Å². The van der Waals surface area contributed by atoms with E-state index in [2.05, 4.69) is 15.9 Å². The first kappa shape index (κ1) is 14.8. The van der Waals surface area contributed by atoms with E-state index in [1.54, 1.807) is 48.5 Å². The third-order valence-electron chi connectivity index (χ3n) is 2.58. The van der Waals surface area contributed by atoms with Gasteiger partial charge in [-0.25, -0.2) is 4.79 Å². The number of halogens is 2. The number of hydrogen-bond acceptors (Lipinski definition) is 3. The number of rotatable bonds is 4. The summed E-state index contributed by atoms with van der Waals surface area (Å²) in [4.78, 5) is 23.6. The van der Waals surface area contributed by atoms with Gasteiger partial charge in [-0.05, 0) is 36.4 Å². The van der Waals surface area contributed by atoms with Gasteiger partial charge in [0.15, 0.2) is 12.4 Å². The molecule has 0 aliphatic heterocycles. The fraction of sp³-hybridized carbons (Fsp3) is 0.0667. The van der Waals surface area contributed by atoms with E-state index in [9.17, 15) is 9.59 Å². The molecule has 0 fully saturated rings. The highest BCUT2D eigenvalue weighted by molar-refractivity contribution is 9.10. The molecule has 0 spiro atoms. The lowest BCUT2D eigenvalue weighted by Gasteiger charge is -2.04. The fourth-order valence-electron chi connectivity index (χ4n) is 1.52. The summed E-state index contributed by atoms with van der Waals surface area (Å²) in [5.74, 6) is -0.799. The minimum absolute atomic E-state index is 0.250. The molecule has 0 amide bonds. The summed E-state index contributed by atoms with van der Waals surface area (Å²) >= 11 is 9.01. The van der Waals surface area contributed by atoms with Crippen LogP contribution in [0.5, 0.6) is 0 Å². The van der Waals surface area contributed by atoms with Crippen molar-refractivity contribution >= 4 is 39.3 Å². The normalized spacial score (nSPS) is 10.1. The molecule has 0 N–H and O–H groups in total. The number of carbonyl (C=O) groups excluding carboxylic acids is 2. The lowest BCUT2D eigenvalue weighted by atomic mass is 10.1. The van der Waals surface area contributed by atoms with Gasteiger partial charge in [0.05, 0.1) is 5.56 Å². The zero-order valence-corrected chi connectivity index (χ0v) is 12.6. The zero-order chi connectivity index (χ0) is 14.5. The van der Waals surface area contributed by atoms with E-state index in [1.807, 2.05) is 0 Å². The monoisotopic (exact) mass is 352 g/mol. The molecule has 20 heavy (non-hydrogen) atoms. The van der Waals surface area contributed by atoms with E-state index >= 15 is 0 Å². The topological polar surface area (TPSA) is 43.4 Å². The molecule has 0 aliphatic carbocycles.